The van der Waals surface area contributed by atoms with Gasteiger partial charge in [-0.2, -0.15) is 5.10 Å². The third-order valence-electron chi connectivity index (χ3n) is 2.91. The third-order valence-corrected chi connectivity index (χ3v) is 2.91. The van der Waals surface area contributed by atoms with Crippen LogP contribution in [0, 0.1) is 5.92 Å². The summed E-state index contributed by atoms with van der Waals surface area (Å²) in [6, 6.07) is 0.0729. The van der Waals surface area contributed by atoms with Crippen molar-refractivity contribution in [3.05, 3.63) is 11.6 Å². The maximum atomic E-state index is 5.99. The molecule has 0 saturated heterocycles. The van der Waals surface area contributed by atoms with Crippen LogP contribution >= 0.6 is 0 Å². The Morgan fingerprint density at radius 2 is 2.08 bits per heavy atom. The highest BCUT2D eigenvalue weighted by molar-refractivity contribution is 5.08. The monoisotopic (exact) mass is 178 g/mol. The Balaban J connectivity index is 1.79. The molecule has 2 aliphatic rings. The molecule has 2 saturated carbocycles. The second-order valence-electron chi connectivity index (χ2n) is 4.22. The summed E-state index contributed by atoms with van der Waals surface area (Å²) in [5.41, 5.74) is 5.99. The number of nitrogens with zero attached hydrogens (tertiary/aromatic N) is 2. The molecule has 0 aromatic carbocycles. The maximum absolute atomic E-state index is 5.99. The summed E-state index contributed by atoms with van der Waals surface area (Å²) < 4.78 is 0. The van der Waals surface area contributed by atoms with E-state index in [0.717, 1.165) is 11.6 Å². The Morgan fingerprint density at radius 1 is 1.31 bits per heavy atom. The fourth-order valence-electron chi connectivity index (χ4n) is 1.64. The van der Waals surface area contributed by atoms with Gasteiger partial charge in [-0.05, 0) is 31.6 Å². The molecule has 1 unspecified atom stereocenters. The summed E-state index contributed by atoms with van der Waals surface area (Å²) in [4.78, 5) is 4.44. The number of nitrogens with two attached hydrogens (primary N) is 1. The lowest BCUT2D eigenvalue weighted by Gasteiger charge is -2.02. The fraction of sp³-hybridized carbons (Fsp3) is 0.778. The number of H-pyrrole nitrogens is 1. The largest absolute Gasteiger partial charge is 0.321 e. The number of aromatic amines is 1. The highest BCUT2D eigenvalue weighted by Crippen LogP contribution is 2.40. The van der Waals surface area contributed by atoms with E-state index in [1.54, 1.807) is 0 Å². The minimum atomic E-state index is 0.0729. The molecule has 0 amide bonds. The highest BCUT2D eigenvalue weighted by Gasteiger charge is 2.33. The van der Waals surface area contributed by atoms with E-state index in [9.17, 15) is 0 Å². The van der Waals surface area contributed by atoms with Gasteiger partial charge < -0.3 is 5.73 Å². The predicted octanol–water partition coefficient (Wildman–Crippen LogP) is 1.09. The van der Waals surface area contributed by atoms with E-state index in [0.29, 0.717) is 11.8 Å². The Morgan fingerprint density at radius 3 is 2.69 bits per heavy atom. The quantitative estimate of drug-likeness (QED) is 0.728. The topological polar surface area (TPSA) is 67.6 Å². The smallest absolute Gasteiger partial charge is 0.167 e. The first-order chi connectivity index (χ1) is 6.34. The van der Waals surface area contributed by atoms with Gasteiger partial charge in [0, 0.05) is 5.92 Å². The van der Waals surface area contributed by atoms with Crippen LogP contribution in [0.3, 0.4) is 0 Å². The van der Waals surface area contributed by atoms with Crippen LogP contribution in [0.5, 0.6) is 0 Å². The summed E-state index contributed by atoms with van der Waals surface area (Å²) >= 11 is 0. The van der Waals surface area contributed by atoms with Crippen LogP contribution < -0.4 is 5.73 Å². The molecule has 2 aliphatic carbocycles. The molecule has 70 valence electrons. The van der Waals surface area contributed by atoms with Gasteiger partial charge in [-0.25, -0.2) is 4.98 Å². The first kappa shape index (κ1) is 7.50. The fourth-order valence-corrected chi connectivity index (χ4v) is 1.64. The minimum absolute atomic E-state index is 0.0729. The van der Waals surface area contributed by atoms with E-state index in [2.05, 4.69) is 15.2 Å². The summed E-state index contributed by atoms with van der Waals surface area (Å²) in [6.07, 6.45) is 5.00. The number of hydrogen-bond donors (Lipinski definition) is 2. The second-order valence-corrected chi connectivity index (χ2v) is 4.22. The number of hydrogen-bond acceptors (Lipinski definition) is 3. The SMILES string of the molecule is NC(c1n[nH]c(C2CC2)n1)C1CC1. The van der Waals surface area contributed by atoms with Gasteiger partial charge in [0.1, 0.15) is 5.82 Å². The summed E-state index contributed by atoms with van der Waals surface area (Å²) in [5, 5.41) is 7.17. The minimum Gasteiger partial charge on any atom is -0.321 e. The number of rotatable bonds is 3. The zero-order valence-corrected chi connectivity index (χ0v) is 7.53. The van der Waals surface area contributed by atoms with E-state index >= 15 is 0 Å². The Labute approximate surface area is 76.9 Å². The van der Waals surface area contributed by atoms with Gasteiger partial charge in [-0.15, -0.1) is 0 Å². The van der Waals surface area contributed by atoms with E-state index in [1.165, 1.54) is 25.7 Å². The molecule has 13 heavy (non-hydrogen) atoms. The third kappa shape index (κ3) is 1.35. The first-order valence-electron chi connectivity index (χ1n) is 5.02. The highest BCUT2D eigenvalue weighted by atomic mass is 15.2. The Kier molecular flexibility index (Phi) is 1.47. The average molecular weight is 178 g/mol. The van der Waals surface area contributed by atoms with Gasteiger partial charge in [-0.3, -0.25) is 5.10 Å². The van der Waals surface area contributed by atoms with Crippen LogP contribution in [0.4, 0.5) is 0 Å². The average Bonchev–Trinajstić information content (AvgIpc) is 3.02. The molecule has 1 atom stereocenters. The van der Waals surface area contributed by atoms with Gasteiger partial charge in [-0.1, -0.05) is 0 Å². The molecule has 1 aromatic rings. The molecular weight excluding hydrogens is 164 g/mol. The maximum Gasteiger partial charge on any atom is 0.167 e. The zero-order valence-electron chi connectivity index (χ0n) is 7.53. The standard InChI is InChI=1S/C9H14N4/c10-7(5-1-2-5)9-11-8(12-13-9)6-3-4-6/h5-7H,1-4,10H2,(H,11,12,13). The van der Waals surface area contributed by atoms with Crippen LogP contribution in [-0.4, -0.2) is 15.2 Å². The molecule has 0 spiro atoms. The molecule has 3 rings (SSSR count). The van der Waals surface area contributed by atoms with Gasteiger partial charge in [0.25, 0.3) is 0 Å². The molecule has 4 heteroatoms. The first-order valence-corrected chi connectivity index (χ1v) is 5.02. The van der Waals surface area contributed by atoms with Crippen molar-refractivity contribution in [2.24, 2.45) is 11.7 Å². The summed E-state index contributed by atoms with van der Waals surface area (Å²) in [5.74, 6) is 3.16. The molecule has 2 fully saturated rings. The predicted molar refractivity (Wildman–Crippen MR) is 48.0 cm³/mol. The van der Waals surface area contributed by atoms with Gasteiger partial charge in [0.05, 0.1) is 6.04 Å². The second kappa shape index (κ2) is 2.54. The number of nitrogens with one attached hydrogen (secondary N) is 1. The van der Waals surface area contributed by atoms with Crippen molar-refractivity contribution in [1.29, 1.82) is 0 Å². The van der Waals surface area contributed by atoms with Crippen molar-refractivity contribution in [2.45, 2.75) is 37.6 Å². The molecule has 1 aromatic heterocycles. The van der Waals surface area contributed by atoms with Gasteiger partial charge in [0.15, 0.2) is 5.82 Å². The lowest BCUT2D eigenvalue weighted by Crippen LogP contribution is -2.14. The molecule has 0 radical (unpaired) electrons. The van der Waals surface area contributed by atoms with Crippen LogP contribution in [0.15, 0.2) is 0 Å². The van der Waals surface area contributed by atoms with Crippen molar-refractivity contribution in [3.8, 4) is 0 Å². The normalized spacial score (nSPS) is 24.7. The Bertz CT molecular complexity index is 311. The van der Waals surface area contributed by atoms with Gasteiger partial charge >= 0.3 is 0 Å². The summed E-state index contributed by atoms with van der Waals surface area (Å²) in [6.45, 7) is 0. The lowest BCUT2D eigenvalue weighted by molar-refractivity contribution is 0.595. The lowest BCUT2D eigenvalue weighted by atomic mass is 10.2. The molecule has 0 bridgehead atoms. The molecule has 4 nitrogen and oxygen atoms in total. The molecule has 1 heterocycles. The van der Waals surface area contributed by atoms with Crippen molar-refractivity contribution in [1.82, 2.24) is 15.2 Å². The molecular formula is C9H14N4. The van der Waals surface area contributed by atoms with Crippen molar-refractivity contribution < 1.29 is 0 Å². The van der Waals surface area contributed by atoms with E-state index in [4.69, 9.17) is 5.73 Å². The van der Waals surface area contributed by atoms with Crippen LogP contribution in [-0.2, 0) is 0 Å². The summed E-state index contributed by atoms with van der Waals surface area (Å²) in [7, 11) is 0. The van der Waals surface area contributed by atoms with Crippen LogP contribution in [0.1, 0.15) is 49.3 Å². The van der Waals surface area contributed by atoms with Crippen LogP contribution in [0.2, 0.25) is 0 Å². The Hall–Kier alpha value is -0.900. The van der Waals surface area contributed by atoms with Crippen LogP contribution in [0.25, 0.3) is 0 Å². The zero-order chi connectivity index (χ0) is 8.84. The van der Waals surface area contributed by atoms with Crippen molar-refractivity contribution in [3.63, 3.8) is 0 Å². The van der Waals surface area contributed by atoms with E-state index in [1.807, 2.05) is 0 Å². The van der Waals surface area contributed by atoms with E-state index in [-0.39, 0.29) is 6.04 Å². The van der Waals surface area contributed by atoms with Crippen molar-refractivity contribution in [2.75, 3.05) is 0 Å². The van der Waals surface area contributed by atoms with Crippen molar-refractivity contribution >= 4 is 0 Å². The number of aromatic nitrogens is 3. The molecule has 3 N–H and O–H groups in total. The van der Waals surface area contributed by atoms with Gasteiger partial charge in [0.2, 0.25) is 0 Å². The van der Waals surface area contributed by atoms with E-state index < -0.39 is 0 Å². The molecule has 0 aliphatic heterocycles.